The summed E-state index contributed by atoms with van der Waals surface area (Å²) in [5.74, 6) is 0.268. The van der Waals surface area contributed by atoms with Crippen molar-refractivity contribution in [2.24, 2.45) is 0 Å². The fourth-order valence-electron chi connectivity index (χ4n) is 7.75. The maximum atomic E-state index is 12.5. The number of imidazole rings is 1. The van der Waals surface area contributed by atoms with Gasteiger partial charge in [0, 0.05) is 40.9 Å². The van der Waals surface area contributed by atoms with Gasteiger partial charge in [-0.25, -0.2) is 4.98 Å². The normalized spacial score (nSPS) is 16.0. The Morgan fingerprint density at radius 1 is 0.574 bits per heavy atom. The van der Waals surface area contributed by atoms with Crippen LogP contribution in [0.3, 0.4) is 0 Å². The van der Waals surface area contributed by atoms with Gasteiger partial charge in [0.15, 0.2) is 0 Å². The number of phenols is 1. The SMILES string of the molecule is [2H]c1c([2H])c(C([2H])([2H])[2H])c([2H])c([2H])c1-c1ccnc(-c2cc(-c3cccc4c3nc(-c3cc(C(C)(C)C)cc(C(C)(C)C)c3O)n4-c3cc(-c4ccccc4)c(C([2H])([2H])[2H])c(C([2H])([2H])[2H])c3)cc(C(C)(C)C)c2)c1. The molecule has 0 radical (unpaired) electrons. The van der Waals surface area contributed by atoms with Crippen molar-refractivity contribution >= 4 is 11.0 Å². The molecule has 0 aliphatic heterocycles. The number of phenolic OH excluding ortho intramolecular Hbond substituents is 1. The molecule has 2 heterocycles. The van der Waals surface area contributed by atoms with Gasteiger partial charge in [-0.05, 0) is 135 Å². The molecular weight excluding hydrogens is 743 g/mol. The van der Waals surface area contributed by atoms with Crippen LogP contribution in [0, 0.1) is 20.6 Å². The third-order valence-corrected chi connectivity index (χ3v) is 11.3. The zero-order valence-corrected chi connectivity index (χ0v) is 36.2. The van der Waals surface area contributed by atoms with Crippen molar-refractivity contribution in [3.63, 3.8) is 0 Å². The molecule has 6 aromatic carbocycles. The second-order valence-corrected chi connectivity index (χ2v) is 18.9. The largest absolute Gasteiger partial charge is 0.507 e. The minimum Gasteiger partial charge on any atom is -0.507 e. The van der Waals surface area contributed by atoms with Crippen molar-refractivity contribution in [1.82, 2.24) is 14.5 Å². The van der Waals surface area contributed by atoms with E-state index < -0.39 is 66.5 Å². The molecule has 8 aromatic rings. The monoisotopic (exact) mass is 815 g/mol. The van der Waals surface area contributed by atoms with Crippen LogP contribution in [0.1, 0.15) is 114 Å². The molecule has 0 aliphatic rings. The van der Waals surface area contributed by atoms with Crippen LogP contribution >= 0.6 is 0 Å². The molecule has 308 valence electrons. The first-order valence-electron chi connectivity index (χ1n) is 27.0. The summed E-state index contributed by atoms with van der Waals surface area (Å²) in [5, 5.41) is 12.5. The third-order valence-electron chi connectivity index (χ3n) is 11.3. The van der Waals surface area contributed by atoms with Crippen LogP contribution in [0.2, 0.25) is 0 Å². The van der Waals surface area contributed by atoms with E-state index in [2.05, 4.69) is 47.6 Å². The molecule has 0 aliphatic carbocycles. The lowest BCUT2D eigenvalue weighted by molar-refractivity contribution is 0.446. The van der Waals surface area contributed by atoms with Crippen LogP contribution in [0.4, 0.5) is 0 Å². The molecule has 0 bridgehead atoms. The summed E-state index contributed by atoms with van der Waals surface area (Å²) in [5.41, 5.74) is 4.93. The van der Waals surface area contributed by atoms with Crippen molar-refractivity contribution in [2.45, 2.75) is 99.1 Å². The number of rotatable bonds is 6. The van der Waals surface area contributed by atoms with Gasteiger partial charge in [0.2, 0.25) is 0 Å². The standard InChI is InChI=1S/C57H59N3O/c1-35-21-23-38(24-22-35)40-25-26-58-50(31-40)42-28-41(29-43(30-42)55(4,5)6)46-19-16-20-51-52(46)59-54(48-32-44(56(7,8)9)33-49(53(48)61)57(10,11)12)60(51)45-27-36(2)37(3)47(34-45)39-17-14-13-15-18-39/h13-34,61H,1-12H3/i1D3,2D3,3D3,21D,22D,23D,24D. The van der Waals surface area contributed by atoms with Gasteiger partial charge >= 0.3 is 0 Å². The van der Waals surface area contributed by atoms with Gasteiger partial charge < -0.3 is 5.11 Å². The van der Waals surface area contributed by atoms with Gasteiger partial charge in [-0.1, -0.05) is 147 Å². The van der Waals surface area contributed by atoms with E-state index in [0.717, 1.165) is 11.1 Å². The highest BCUT2D eigenvalue weighted by Gasteiger charge is 2.29. The number of fused-ring (bicyclic) bond motifs is 1. The topological polar surface area (TPSA) is 50.9 Å². The maximum Gasteiger partial charge on any atom is 0.149 e. The van der Waals surface area contributed by atoms with Gasteiger partial charge in [0.05, 0.1) is 27.8 Å². The van der Waals surface area contributed by atoms with E-state index >= 15 is 0 Å². The summed E-state index contributed by atoms with van der Waals surface area (Å²) in [7, 11) is 0. The van der Waals surface area contributed by atoms with E-state index in [4.69, 9.17) is 27.8 Å². The second kappa shape index (κ2) is 15.3. The Bertz CT molecular complexity index is 3480. The van der Waals surface area contributed by atoms with Gasteiger partial charge in [-0.2, -0.15) is 0 Å². The first-order chi connectivity index (χ1) is 34.1. The van der Waals surface area contributed by atoms with Gasteiger partial charge in [0.1, 0.15) is 11.6 Å². The summed E-state index contributed by atoms with van der Waals surface area (Å²) >= 11 is 0. The van der Waals surface area contributed by atoms with Crippen LogP contribution in [-0.2, 0) is 16.2 Å². The molecule has 0 amide bonds. The Hall–Kier alpha value is -6.26. The Kier molecular flexibility index (Phi) is 7.11. The Morgan fingerprint density at radius 2 is 1.30 bits per heavy atom. The van der Waals surface area contributed by atoms with Crippen molar-refractivity contribution in [2.75, 3.05) is 0 Å². The molecule has 61 heavy (non-hydrogen) atoms. The summed E-state index contributed by atoms with van der Waals surface area (Å²) in [6.07, 6.45) is 1.51. The molecule has 0 saturated carbocycles. The van der Waals surface area contributed by atoms with E-state index in [0.29, 0.717) is 61.4 Å². The molecule has 4 nitrogen and oxygen atoms in total. The molecule has 8 rings (SSSR count). The number of pyridine rings is 1. The molecule has 0 unspecified atom stereocenters. The number of para-hydroxylation sites is 1. The number of nitrogens with zero attached hydrogens (tertiary/aromatic N) is 3. The predicted octanol–water partition coefficient (Wildman–Crippen LogP) is 15.3. The predicted molar refractivity (Wildman–Crippen MR) is 258 cm³/mol. The summed E-state index contributed by atoms with van der Waals surface area (Å²) in [6, 6.07) is 28.4. The van der Waals surface area contributed by atoms with Gasteiger partial charge in [-0.3, -0.25) is 9.55 Å². The number of aryl methyl sites for hydroxylation is 1. The first kappa shape index (κ1) is 28.3. The average Bonchev–Trinajstić information content (AvgIpc) is 3.68. The van der Waals surface area contributed by atoms with Gasteiger partial charge in [0.25, 0.3) is 0 Å². The Balaban J connectivity index is 1.47. The average molecular weight is 815 g/mol. The van der Waals surface area contributed by atoms with E-state index in [1.807, 2.05) is 63.2 Å². The van der Waals surface area contributed by atoms with E-state index in [-0.39, 0.29) is 33.8 Å². The highest BCUT2D eigenvalue weighted by Crippen LogP contribution is 2.45. The molecule has 0 atom stereocenters. The third kappa shape index (κ3) is 8.04. The van der Waals surface area contributed by atoms with E-state index in [9.17, 15) is 5.11 Å². The lowest BCUT2D eigenvalue weighted by atomic mass is 9.79. The highest BCUT2D eigenvalue weighted by molar-refractivity contribution is 5.97. The van der Waals surface area contributed by atoms with E-state index in [1.54, 1.807) is 53.1 Å². The molecular formula is C57H59N3O. The molecule has 0 fully saturated rings. The number of hydrogen-bond donors (Lipinski definition) is 1. The number of hydrogen-bond acceptors (Lipinski definition) is 3. The fourth-order valence-corrected chi connectivity index (χ4v) is 7.75. The summed E-state index contributed by atoms with van der Waals surface area (Å²) < 4.78 is 113. The minimum absolute atomic E-state index is 0.0141. The minimum atomic E-state index is -2.87. The maximum absolute atomic E-state index is 12.5. The number of aromatic hydroxyl groups is 1. The fraction of sp³-hybridized carbons (Fsp3) is 0.263. The number of aromatic nitrogens is 3. The summed E-state index contributed by atoms with van der Waals surface area (Å²) in [4.78, 5) is 10.2. The molecule has 2 aromatic heterocycles. The zero-order valence-electron chi connectivity index (χ0n) is 49.2. The van der Waals surface area contributed by atoms with Crippen molar-refractivity contribution in [1.29, 1.82) is 0 Å². The van der Waals surface area contributed by atoms with Crippen LogP contribution in [0.15, 0.2) is 133 Å². The van der Waals surface area contributed by atoms with Gasteiger partial charge in [-0.15, -0.1) is 0 Å². The second-order valence-electron chi connectivity index (χ2n) is 18.9. The molecule has 0 spiro atoms. The van der Waals surface area contributed by atoms with Crippen LogP contribution in [0.25, 0.3) is 72.7 Å². The zero-order chi connectivity index (χ0) is 54.6. The molecule has 1 N–H and O–H groups in total. The number of benzene rings is 6. The smallest absolute Gasteiger partial charge is 0.149 e. The van der Waals surface area contributed by atoms with Crippen LogP contribution < -0.4 is 0 Å². The Morgan fingerprint density at radius 3 is 1.97 bits per heavy atom. The molecule has 4 heteroatoms. The van der Waals surface area contributed by atoms with Crippen LogP contribution in [0.5, 0.6) is 5.75 Å². The van der Waals surface area contributed by atoms with Crippen molar-refractivity contribution in [3.8, 4) is 67.5 Å². The van der Waals surface area contributed by atoms with Crippen molar-refractivity contribution in [3.05, 3.63) is 167 Å². The van der Waals surface area contributed by atoms with Crippen molar-refractivity contribution < 1.29 is 22.9 Å². The lowest BCUT2D eigenvalue weighted by Gasteiger charge is -2.27. The van der Waals surface area contributed by atoms with E-state index in [1.165, 1.54) is 12.3 Å². The Labute approximate surface area is 381 Å². The highest BCUT2D eigenvalue weighted by atomic mass is 16.3. The summed E-state index contributed by atoms with van der Waals surface area (Å²) in [6.45, 7) is 9.92. The first-order valence-corrected chi connectivity index (χ1v) is 20.5. The quantitative estimate of drug-likeness (QED) is 0.182. The molecule has 0 saturated heterocycles. The van der Waals surface area contributed by atoms with Crippen LogP contribution in [-0.4, -0.2) is 19.6 Å². The lowest BCUT2D eigenvalue weighted by Crippen LogP contribution is -2.17.